The minimum absolute atomic E-state index is 0. The van der Waals surface area contributed by atoms with Crippen LogP contribution in [0.5, 0.6) is 0 Å². The molecule has 0 aliphatic carbocycles. The summed E-state index contributed by atoms with van der Waals surface area (Å²) in [5, 5.41) is 0. The van der Waals surface area contributed by atoms with Crippen LogP contribution in [0.4, 0.5) is 0 Å². The van der Waals surface area contributed by atoms with Crippen molar-refractivity contribution in [3.8, 4) is 0 Å². The Balaban J connectivity index is -0.000000167. The van der Waals surface area contributed by atoms with Gasteiger partial charge in [-0.1, -0.05) is 78.2 Å². The van der Waals surface area contributed by atoms with Gasteiger partial charge in [-0.3, -0.25) is 14.4 Å². The molecule has 3 unspecified atom stereocenters. The molecule has 0 spiro atoms. The zero-order valence-corrected chi connectivity index (χ0v) is 12.5. The number of hydrogen-bond donors (Lipinski definition) is 0. The molecular formula is C21H48O5. The van der Waals surface area contributed by atoms with Crippen LogP contribution < -0.4 is 0 Å². The Morgan fingerprint density at radius 3 is 1.92 bits per heavy atom. The summed E-state index contributed by atoms with van der Waals surface area (Å²) in [6.45, 7) is 6.09. The maximum absolute atomic E-state index is 12.0. The number of ether oxygens (including phenoxy) is 2. The van der Waals surface area contributed by atoms with Gasteiger partial charge in [-0.05, 0) is 19.3 Å². The van der Waals surface area contributed by atoms with Crippen LogP contribution in [0.1, 0.15) is 97.4 Å². The van der Waals surface area contributed by atoms with Crippen LogP contribution in [0.25, 0.3) is 0 Å². The molecular weight excluding hydrogens is 332 g/mol. The van der Waals surface area contributed by atoms with E-state index in [4.69, 9.17) is 4.74 Å². The smallest absolute Gasteiger partial charge is 0.317 e. The summed E-state index contributed by atoms with van der Waals surface area (Å²) in [7, 11) is 0. The molecule has 1 aliphatic heterocycles. The van der Waals surface area contributed by atoms with Crippen molar-refractivity contribution in [1.29, 1.82) is 0 Å². The lowest BCUT2D eigenvalue weighted by molar-refractivity contribution is -0.154. The van der Waals surface area contributed by atoms with Crippen molar-refractivity contribution in [1.82, 2.24) is 0 Å². The van der Waals surface area contributed by atoms with E-state index >= 15 is 0 Å². The highest BCUT2D eigenvalue weighted by atomic mass is 16.6. The van der Waals surface area contributed by atoms with Crippen LogP contribution in [-0.4, -0.2) is 24.5 Å². The van der Waals surface area contributed by atoms with Gasteiger partial charge < -0.3 is 9.47 Å². The molecule has 5 nitrogen and oxygen atoms in total. The van der Waals surface area contributed by atoms with Crippen LogP contribution in [0.15, 0.2) is 0 Å². The topological polar surface area (TPSA) is 69.7 Å². The van der Waals surface area contributed by atoms with Crippen molar-refractivity contribution < 1.29 is 23.9 Å². The molecule has 162 valence electrons. The van der Waals surface area contributed by atoms with Gasteiger partial charge in [-0.15, -0.1) is 0 Å². The fourth-order valence-electron chi connectivity index (χ4n) is 2.36. The Labute approximate surface area is 164 Å². The van der Waals surface area contributed by atoms with Crippen LogP contribution in [0.2, 0.25) is 0 Å². The van der Waals surface area contributed by atoms with Gasteiger partial charge >= 0.3 is 17.9 Å². The van der Waals surface area contributed by atoms with Crippen molar-refractivity contribution >= 4 is 17.9 Å². The van der Waals surface area contributed by atoms with Crippen molar-refractivity contribution in [2.75, 3.05) is 6.61 Å². The highest BCUT2D eigenvalue weighted by molar-refractivity contribution is 5.96. The van der Waals surface area contributed by atoms with E-state index in [2.05, 4.69) is 4.74 Å². The van der Waals surface area contributed by atoms with Gasteiger partial charge in [0.25, 0.3) is 0 Å². The summed E-state index contributed by atoms with van der Waals surface area (Å²) in [5.74, 6) is -2.58. The first-order valence-electron chi connectivity index (χ1n) is 7.43. The normalized spacial score (nSPS) is 18.1. The second kappa shape index (κ2) is 19.9. The molecule has 1 heterocycles. The Hall–Kier alpha value is -1.39. The maximum Gasteiger partial charge on any atom is 0.317 e. The summed E-state index contributed by atoms with van der Waals surface area (Å²) in [6, 6.07) is 0. The third-order valence-corrected chi connectivity index (χ3v) is 3.73. The molecule has 26 heavy (non-hydrogen) atoms. The predicted octanol–water partition coefficient (Wildman–Crippen LogP) is 6.29. The zero-order chi connectivity index (χ0) is 15.1. The Morgan fingerprint density at radius 1 is 1.00 bits per heavy atom. The van der Waals surface area contributed by atoms with E-state index in [9.17, 15) is 14.4 Å². The van der Waals surface area contributed by atoms with E-state index < -0.39 is 23.8 Å². The monoisotopic (exact) mass is 380 g/mol. The van der Waals surface area contributed by atoms with Gasteiger partial charge in [0.05, 0.1) is 24.4 Å². The molecule has 0 radical (unpaired) electrons. The van der Waals surface area contributed by atoms with Crippen molar-refractivity contribution in [3.63, 3.8) is 0 Å². The molecule has 0 amide bonds. The van der Waals surface area contributed by atoms with Crippen LogP contribution >= 0.6 is 0 Å². The number of unbranched alkanes of at least 4 members (excludes halogenated alkanes) is 1. The standard InChI is InChI=1S/C15H24O5.6CH4/c1-4-6-8-19-14(17)11(7-5-2)9-12-10(3)13(16)20-15(12)18;;;;;;/h10-12H,4-9H2,1-3H3;6*1H4. The van der Waals surface area contributed by atoms with Gasteiger partial charge in [0.1, 0.15) is 0 Å². The van der Waals surface area contributed by atoms with Crippen LogP contribution in [0, 0.1) is 17.8 Å². The molecule has 1 aliphatic rings. The van der Waals surface area contributed by atoms with Gasteiger partial charge in [0.15, 0.2) is 0 Å². The van der Waals surface area contributed by atoms with Gasteiger partial charge in [-0.25, -0.2) is 0 Å². The summed E-state index contributed by atoms with van der Waals surface area (Å²) >= 11 is 0. The van der Waals surface area contributed by atoms with E-state index in [-0.39, 0.29) is 56.4 Å². The predicted molar refractivity (Wildman–Crippen MR) is 113 cm³/mol. The minimum atomic E-state index is -0.516. The number of cyclic esters (lactones) is 2. The number of carbonyl (C=O) groups excluding carboxylic acids is 3. The number of rotatable bonds is 8. The molecule has 5 heteroatoms. The molecule has 0 aromatic heterocycles. The summed E-state index contributed by atoms with van der Waals surface area (Å²) < 4.78 is 9.84. The van der Waals surface area contributed by atoms with Crippen LogP contribution in [-0.2, 0) is 23.9 Å². The van der Waals surface area contributed by atoms with Crippen molar-refractivity contribution in [2.24, 2.45) is 17.8 Å². The Kier molecular flexibility index (Phi) is 30.4. The molecule has 0 aromatic rings. The van der Waals surface area contributed by atoms with E-state index in [0.29, 0.717) is 19.4 Å². The highest BCUT2D eigenvalue weighted by Crippen LogP contribution is 2.31. The molecule has 1 saturated heterocycles. The van der Waals surface area contributed by atoms with E-state index in [0.717, 1.165) is 19.3 Å². The number of carbonyl (C=O) groups is 3. The molecule has 0 N–H and O–H groups in total. The maximum atomic E-state index is 12.0. The third kappa shape index (κ3) is 11.3. The van der Waals surface area contributed by atoms with Gasteiger partial charge in [0.2, 0.25) is 0 Å². The molecule has 3 atom stereocenters. The second-order valence-corrected chi connectivity index (χ2v) is 5.38. The van der Waals surface area contributed by atoms with E-state index in [1.807, 2.05) is 13.8 Å². The SMILES string of the molecule is C.C.C.C.C.C.CCCCOC(=O)C(CCC)CC1C(=O)OC(=O)C1C. The highest BCUT2D eigenvalue weighted by Gasteiger charge is 2.43. The lowest BCUT2D eigenvalue weighted by Gasteiger charge is -2.18. The largest absolute Gasteiger partial charge is 0.465 e. The Bertz CT molecular complexity index is 365. The number of hydrogen-bond acceptors (Lipinski definition) is 5. The van der Waals surface area contributed by atoms with E-state index in [1.54, 1.807) is 6.92 Å². The fourth-order valence-corrected chi connectivity index (χ4v) is 2.36. The zero-order valence-electron chi connectivity index (χ0n) is 12.5. The quantitative estimate of drug-likeness (QED) is 0.281. The first kappa shape index (κ1) is 39.6. The van der Waals surface area contributed by atoms with E-state index in [1.165, 1.54) is 0 Å². The molecule has 0 saturated carbocycles. The molecule has 1 fully saturated rings. The van der Waals surface area contributed by atoms with Crippen molar-refractivity contribution in [2.45, 2.75) is 97.4 Å². The fraction of sp³-hybridized carbons (Fsp3) is 0.857. The molecule has 1 rings (SSSR count). The molecule has 0 bridgehead atoms. The second-order valence-electron chi connectivity index (χ2n) is 5.38. The lowest BCUT2D eigenvalue weighted by Crippen LogP contribution is -2.25. The average molecular weight is 381 g/mol. The average Bonchev–Trinajstić information content (AvgIpc) is 2.64. The van der Waals surface area contributed by atoms with Gasteiger partial charge in [0, 0.05) is 0 Å². The van der Waals surface area contributed by atoms with Crippen molar-refractivity contribution in [3.05, 3.63) is 0 Å². The first-order valence-corrected chi connectivity index (χ1v) is 7.43. The molecule has 0 aromatic carbocycles. The lowest BCUT2D eigenvalue weighted by atomic mass is 9.85. The third-order valence-electron chi connectivity index (χ3n) is 3.73. The van der Waals surface area contributed by atoms with Gasteiger partial charge in [-0.2, -0.15) is 0 Å². The first-order chi connectivity index (χ1) is 9.51. The van der Waals surface area contributed by atoms with Crippen LogP contribution in [0.3, 0.4) is 0 Å². The Morgan fingerprint density at radius 2 is 1.54 bits per heavy atom. The summed E-state index contributed by atoms with van der Waals surface area (Å²) in [4.78, 5) is 35.0. The summed E-state index contributed by atoms with van der Waals surface area (Å²) in [6.07, 6.45) is 3.63. The minimum Gasteiger partial charge on any atom is -0.465 e. The summed E-state index contributed by atoms with van der Waals surface area (Å²) in [5.41, 5.74) is 0. The number of esters is 3.